The summed E-state index contributed by atoms with van der Waals surface area (Å²) >= 11 is 0. The van der Waals surface area contributed by atoms with Crippen LogP contribution in [0.2, 0.25) is 0 Å². The first-order chi connectivity index (χ1) is 6.34. The molecular formula is C8H13NO5. The molecule has 0 aliphatic rings. The van der Waals surface area contributed by atoms with E-state index in [2.05, 4.69) is 5.32 Å². The molecule has 14 heavy (non-hydrogen) atoms. The van der Waals surface area contributed by atoms with Crippen LogP contribution in [0.5, 0.6) is 0 Å². The van der Waals surface area contributed by atoms with Crippen molar-refractivity contribution in [2.75, 3.05) is 0 Å². The Morgan fingerprint density at radius 2 is 1.71 bits per heavy atom. The SMILES string of the molecule is CC(C)C(NC(=O)CC(=O)O)C(=O)O. The molecule has 0 aromatic carbocycles. The van der Waals surface area contributed by atoms with Crippen molar-refractivity contribution in [1.29, 1.82) is 0 Å². The quantitative estimate of drug-likeness (QED) is 0.531. The van der Waals surface area contributed by atoms with E-state index in [1.807, 2.05) is 0 Å². The van der Waals surface area contributed by atoms with E-state index in [1.54, 1.807) is 13.8 Å². The average molecular weight is 203 g/mol. The number of aliphatic carboxylic acids is 2. The molecule has 1 amide bonds. The molecule has 6 heteroatoms. The summed E-state index contributed by atoms with van der Waals surface area (Å²) in [6, 6.07) is -1.04. The second-order valence-corrected chi connectivity index (χ2v) is 3.20. The summed E-state index contributed by atoms with van der Waals surface area (Å²) in [5, 5.41) is 19.1. The Morgan fingerprint density at radius 3 is 2.00 bits per heavy atom. The Balaban J connectivity index is 4.24. The van der Waals surface area contributed by atoms with Gasteiger partial charge in [0.15, 0.2) is 0 Å². The third-order valence-electron chi connectivity index (χ3n) is 1.56. The second kappa shape index (κ2) is 5.21. The largest absolute Gasteiger partial charge is 0.481 e. The molecule has 0 aliphatic carbocycles. The van der Waals surface area contributed by atoms with Crippen molar-refractivity contribution in [2.24, 2.45) is 5.92 Å². The highest BCUT2D eigenvalue weighted by Crippen LogP contribution is 2.01. The van der Waals surface area contributed by atoms with Crippen LogP contribution in [0.4, 0.5) is 0 Å². The smallest absolute Gasteiger partial charge is 0.326 e. The highest BCUT2D eigenvalue weighted by Gasteiger charge is 2.23. The van der Waals surface area contributed by atoms with Gasteiger partial charge in [-0.3, -0.25) is 9.59 Å². The van der Waals surface area contributed by atoms with Crippen molar-refractivity contribution >= 4 is 17.8 Å². The number of amides is 1. The van der Waals surface area contributed by atoms with Crippen molar-refractivity contribution in [2.45, 2.75) is 26.3 Å². The number of carbonyl (C=O) groups is 3. The van der Waals surface area contributed by atoms with Gasteiger partial charge in [-0.15, -0.1) is 0 Å². The molecule has 0 heterocycles. The van der Waals surface area contributed by atoms with Gasteiger partial charge in [0, 0.05) is 0 Å². The number of carbonyl (C=O) groups excluding carboxylic acids is 1. The van der Waals surface area contributed by atoms with Crippen LogP contribution in [0, 0.1) is 5.92 Å². The molecule has 3 N–H and O–H groups in total. The van der Waals surface area contributed by atoms with Crippen LogP contribution in [0.25, 0.3) is 0 Å². The van der Waals surface area contributed by atoms with Crippen molar-refractivity contribution in [3.8, 4) is 0 Å². The van der Waals surface area contributed by atoms with Crippen LogP contribution in [-0.2, 0) is 14.4 Å². The first kappa shape index (κ1) is 12.4. The monoisotopic (exact) mass is 203 g/mol. The molecule has 0 aromatic rings. The summed E-state index contributed by atoms with van der Waals surface area (Å²) < 4.78 is 0. The molecule has 6 nitrogen and oxygen atoms in total. The zero-order valence-electron chi connectivity index (χ0n) is 7.98. The molecule has 0 saturated carbocycles. The molecular weight excluding hydrogens is 190 g/mol. The van der Waals surface area contributed by atoms with Crippen molar-refractivity contribution in [3.05, 3.63) is 0 Å². The second-order valence-electron chi connectivity index (χ2n) is 3.20. The van der Waals surface area contributed by atoms with Crippen LogP contribution in [0.1, 0.15) is 20.3 Å². The minimum Gasteiger partial charge on any atom is -0.481 e. The number of rotatable bonds is 5. The maximum Gasteiger partial charge on any atom is 0.326 e. The van der Waals surface area contributed by atoms with Crippen LogP contribution < -0.4 is 5.32 Å². The van der Waals surface area contributed by atoms with Gasteiger partial charge in [0.2, 0.25) is 5.91 Å². The maximum absolute atomic E-state index is 10.9. The lowest BCUT2D eigenvalue weighted by Gasteiger charge is -2.17. The van der Waals surface area contributed by atoms with Crippen molar-refractivity contribution in [3.63, 3.8) is 0 Å². The van der Waals surface area contributed by atoms with E-state index in [0.717, 1.165) is 0 Å². The molecule has 0 aromatic heterocycles. The molecule has 0 spiro atoms. The number of nitrogens with one attached hydrogen (secondary N) is 1. The maximum atomic E-state index is 10.9. The predicted octanol–water partition coefficient (Wildman–Crippen LogP) is -0.313. The average Bonchev–Trinajstić information content (AvgIpc) is 1.97. The van der Waals surface area contributed by atoms with Crippen molar-refractivity contribution < 1.29 is 24.6 Å². The molecule has 1 atom stereocenters. The molecule has 0 fully saturated rings. The van der Waals surface area contributed by atoms with E-state index in [1.165, 1.54) is 0 Å². The Kier molecular flexibility index (Phi) is 4.62. The minimum atomic E-state index is -1.28. The Bertz CT molecular complexity index is 248. The van der Waals surface area contributed by atoms with Crippen LogP contribution >= 0.6 is 0 Å². The molecule has 0 rings (SSSR count). The molecule has 0 radical (unpaired) electrons. The van der Waals surface area contributed by atoms with Gasteiger partial charge in [-0.05, 0) is 5.92 Å². The third-order valence-corrected chi connectivity index (χ3v) is 1.56. The van der Waals surface area contributed by atoms with E-state index >= 15 is 0 Å². The van der Waals surface area contributed by atoms with E-state index in [9.17, 15) is 14.4 Å². The fraction of sp³-hybridized carbons (Fsp3) is 0.625. The lowest BCUT2D eigenvalue weighted by molar-refractivity contribution is -0.146. The van der Waals surface area contributed by atoms with Gasteiger partial charge in [-0.1, -0.05) is 13.8 Å². The number of hydrogen-bond acceptors (Lipinski definition) is 3. The third kappa shape index (κ3) is 4.44. The van der Waals surface area contributed by atoms with Gasteiger partial charge in [0.1, 0.15) is 12.5 Å². The van der Waals surface area contributed by atoms with Gasteiger partial charge in [-0.25, -0.2) is 4.79 Å². The van der Waals surface area contributed by atoms with Gasteiger partial charge in [0.05, 0.1) is 0 Å². The Labute approximate surface area is 80.9 Å². The zero-order valence-corrected chi connectivity index (χ0v) is 7.98. The van der Waals surface area contributed by atoms with Gasteiger partial charge in [-0.2, -0.15) is 0 Å². The molecule has 80 valence electrons. The van der Waals surface area contributed by atoms with Crippen molar-refractivity contribution in [1.82, 2.24) is 5.32 Å². The fourth-order valence-corrected chi connectivity index (χ4v) is 0.875. The van der Waals surface area contributed by atoms with E-state index in [4.69, 9.17) is 10.2 Å². The highest BCUT2D eigenvalue weighted by atomic mass is 16.4. The van der Waals surface area contributed by atoms with Gasteiger partial charge < -0.3 is 15.5 Å². The predicted molar refractivity (Wildman–Crippen MR) is 46.7 cm³/mol. The minimum absolute atomic E-state index is 0.287. The number of carboxylic acid groups (broad SMARTS) is 2. The van der Waals surface area contributed by atoms with E-state index < -0.39 is 30.3 Å². The lowest BCUT2D eigenvalue weighted by atomic mass is 10.0. The molecule has 0 bridgehead atoms. The van der Waals surface area contributed by atoms with Gasteiger partial charge >= 0.3 is 11.9 Å². The Hall–Kier alpha value is -1.59. The highest BCUT2D eigenvalue weighted by molar-refractivity contribution is 5.95. The first-order valence-electron chi connectivity index (χ1n) is 4.08. The van der Waals surface area contributed by atoms with Crippen LogP contribution in [0.3, 0.4) is 0 Å². The fourth-order valence-electron chi connectivity index (χ4n) is 0.875. The zero-order chi connectivity index (χ0) is 11.3. The molecule has 1 unspecified atom stereocenters. The summed E-state index contributed by atoms with van der Waals surface area (Å²) in [4.78, 5) is 31.6. The normalized spacial score (nSPS) is 12.2. The van der Waals surface area contributed by atoms with Crippen LogP contribution in [0.15, 0.2) is 0 Å². The lowest BCUT2D eigenvalue weighted by Crippen LogP contribution is -2.44. The first-order valence-corrected chi connectivity index (χ1v) is 4.08. The summed E-state index contributed by atoms with van der Waals surface area (Å²) in [7, 11) is 0. The summed E-state index contributed by atoms with van der Waals surface area (Å²) in [6.45, 7) is 3.25. The molecule has 0 saturated heterocycles. The van der Waals surface area contributed by atoms with E-state index in [0.29, 0.717) is 0 Å². The van der Waals surface area contributed by atoms with Crippen LogP contribution in [-0.4, -0.2) is 34.1 Å². The number of hydrogen-bond donors (Lipinski definition) is 3. The summed E-state index contributed by atoms with van der Waals surface area (Å²) in [5.74, 6) is -3.53. The Morgan fingerprint density at radius 1 is 1.21 bits per heavy atom. The van der Waals surface area contributed by atoms with E-state index in [-0.39, 0.29) is 5.92 Å². The number of carboxylic acids is 2. The molecule has 0 aliphatic heterocycles. The topological polar surface area (TPSA) is 104 Å². The summed E-state index contributed by atoms with van der Waals surface area (Å²) in [5.41, 5.74) is 0. The summed E-state index contributed by atoms with van der Waals surface area (Å²) in [6.07, 6.45) is -0.712. The van der Waals surface area contributed by atoms with Gasteiger partial charge in [0.25, 0.3) is 0 Å². The standard InChI is InChI=1S/C8H13NO5/c1-4(2)7(8(13)14)9-5(10)3-6(11)12/h4,7H,3H2,1-2H3,(H,9,10)(H,11,12)(H,13,14).